The third kappa shape index (κ3) is 3.50. The van der Waals surface area contributed by atoms with Crippen LogP contribution in [-0.4, -0.2) is 32.2 Å². The van der Waals surface area contributed by atoms with Crippen molar-refractivity contribution >= 4 is 16.8 Å². The van der Waals surface area contributed by atoms with Crippen LogP contribution in [0.3, 0.4) is 0 Å². The maximum atomic E-state index is 13.2. The maximum Gasteiger partial charge on any atom is 0.202 e. The number of rotatable bonds is 5. The topological polar surface area (TPSA) is 78.1 Å². The number of phenolic OH excluding ortho intramolecular Hbond substituents is 1. The van der Waals surface area contributed by atoms with Gasteiger partial charge in [-0.25, -0.2) is 0 Å². The second kappa shape index (κ2) is 8.69. The van der Waals surface area contributed by atoms with Gasteiger partial charge < -0.3 is 23.7 Å². The Labute approximate surface area is 164 Å². The Morgan fingerprint density at radius 1 is 0.929 bits per heavy atom. The molecule has 1 aromatic heterocycles. The van der Waals surface area contributed by atoms with Gasteiger partial charge in [0.05, 0.1) is 26.9 Å². The largest absolute Gasteiger partial charge is 0.502 e. The van der Waals surface area contributed by atoms with Crippen LogP contribution in [0.1, 0.15) is 41.1 Å². The van der Waals surface area contributed by atoms with E-state index in [0.717, 1.165) is 5.56 Å². The minimum atomic E-state index is -0.248. The van der Waals surface area contributed by atoms with Crippen molar-refractivity contribution in [3.05, 3.63) is 46.7 Å². The monoisotopic (exact) mass is 386 g/mol. The van der Waals surface area contributed by atoms with Crippen molar-refractivity contribution in [1.29, 1.82) is 0 Å². The van der Waals surface area contributed by atoms with E-state index in [1.165, 1.54) is 7.11 Å². The maximum absolute atomic E-state index is 13.2. The highest BCUT2D eigenvalue weighted by Crippen LogP contribution is 2.40. The number of methoxy groups -OCH3 is 3. The van der Waals surface area contributed by atoms with Gasteiger partial charge in [-0.1, -0.05) is 13.8 Å². The standard InChI is InChI=1S/C20H20O6.C2H6/c1-10-15(24-4)8-12(9-16(10)25-5)18(21)17-11(2)26-20-13(17)6-7-14(23-3)19(20)22;1-2/h6-9,22H,1-5H3;1-2H3. The lowest BCUT2D eigenvalue weighted by Gasteiger charge is -2.12. The summed E-state index contributed by atoms with van der Waals surface area (Å²) in [5.41, 5.74) is 1.82. The molecule has 0 aliphatic carbocycles. The van der Waals surface area contributed by atoms with Crippen LogP contribution >= 0.6 is 0 Å². The molecule has 0 saturated carbocycles. The zero-order valence-electron chi connectivity index (χ0n) is 17.3. The average Bonchev–Trinajstić information content (AvgIpc) is 3.06. The van der Waals surface area contributed by atoms with Crippen LogP contribution in [0, 0.1) is 13.8 Å². The fourth-order valence-electron chi connectivity index (χ4n) is 3.06. The fourth-order valence-corrected chi connectivity index (χ4v) is 3.06. The quantitative estimate of drug-likeness (QED) is 0.619. The van der Waals surface area contributed by atoms with Gasteiger partial charge in [-0.15, -0.1) is 0 Å². The van der Waals surface area contributed by atoms with Gasteiger partial charge >= 0.3 is 0 Å². The SMILES string of the molecule is CC.COc1cc(C(=O)c2c(C)oc3c(O)c(OC)ccc23)cc(OC)c1C. The first-order valence-corrected chi connectivity index (χ1v) is 8.99. The zero-order valence-corrected chi connectivity index (χ0v) is 17.3. The van der Waals surface area contributed by atoms with Gasteiger partial charge in [0.25, 0.3) is 0 Å². The van der Waals surface area contributed by atoms with Crippen LogP contribution in [0.25, 0.3) is 11.0 Å². The Hall–Kier alpha value is -3.15. The second-order valence-electron chi connectivity index (χ2n) is 5.86. The van der Waals surface area contributed by atoms with Gasteiger partial charge in [-0.05, 0) is 38.1 Å². The molecule has 1 heterocycles. The van der Waals surface area contributed by atoms with E-state index in [4.69, 9.17) is 18.6 Å². The van der Waals surface area contributed by atoms with E-state index in [1.807, 2.05) is 20.8 Å². The van der Waals surface area contributed by atoms with Gasteiger partial charge in [-0.3, -0.25) is 4.79 Å². The lowest BCUT2D eigenvalue weighted by molar-refractivity contribution is 0.103. The predicted octanol–water partition coefficient (Wildman–Crippen LogP) is 5.04. The first-order chi connectivity index (χ1) is 13.4. The molecule has 0 aliphatic rings. The Kier molecular flexibility index (Phi) is 6.57. The third-order valence-corrected chi connectivity index (χ3v) is 4.43. The summed E-state index contributed by atoms with van der Waals surface area (Å²) in [6.07, 6.45) is 0. The van der Waals surface area contributed by atoms with Gasteiger partial charge in [0, 0.05) is 16.5 Å². The van der Waals surface area contributed by atoms with Crippen LogP contribution in [0.2, 0.25) is 0 Å². The Bertz CT molecular complexity index is 975. The molecule has 0 spiro atoms. The van der Waals surface area contributed by atoms with Crippen molar-refractivity contribution in [3.63, 3.8) is 0 Å². The summed E-state index contributed by atoms with van der Waals surface area (Å²) in [5.74, 6) is 1.43. The molecule has 6 nitrogen and oxygen atoms in total. The van der Waals surface area contributed by atoms with E-state index >= 15 is 0 Å². The predicted molar refractivity (Wildman–Crippen MR) is 108 cm³/mol. The normalized spacial score (nSPS) is 10.2. The Balaban J connectivity index is 0.00000136. The van der Waals surface area contributed by atoms with E-state index in [2.05, 4.69) is 0 Å². The van der Waals surface area contributed by atoms with Crippen LogP contribution in [0.4, 0.5) is 0 Å². The zero-order chi connectivity index (χ0) is 21.0. The number of ketones is 1. The summed E-state index contributed by atoms with van der Waals surface area (Å²) in [4.78, 5) is 13.2. The summed E-state index contributed by atoms with van der Waals surface area (Å²) < 4.78 is 21.4. The number of aromatic hydroxyl groups is 1. The van der Waals surface area contributed by atoms with E-state index in [9.17, 15) is 9.90 Å². The van der Waals surface area contributed by atoms with Crippen LogP contribution in [0.5, 0.6) is 23.0 Å². The first-order valence-electron chi connectivity index (χ1n) is 8.99. The van der Waals surface area contributed by atoms with Gasteiger partial charge in [-0.2, -0.15) is 0 Å². The highest BCUT2D eigenvalue weighted by Gasteiger charge is 2.24. The number of carbonyl (C=O) groups is 1. The van der Waals surface area contributed by atoms with Gasteiger partial charge in [0.1, 0.15) is 17.3 Å². The summed E-state index contributed by atoms with van der Waals surface area (Å²) in [6.45, 7) is 7.54. The average molecular weight is 386 g/mol. The van der Waals surface area contributed by atoms with Crippen molar-refractivity contribution in [3.8, 4) is 23.0 Å². The molecule has 0 saturated heterocycles. The van der Waals surface area contributed by atoms with Crippen molar-refractivity contribution in [2.24, 2.45) is 0 Å². The van der Waals surface area contributed by atoms with Crippen molar-refractivity contribution in [2.45, 2.75) is 27.7 Å². The molecular formula is C22H26O6. The van der Waals surface area contributed by atoms with Gasteiger partial charge in [0.15, 0.2) is 17.1 Å². The van der Waals surface area contributed by atoms with E-state index in [0.29, 0.717) is 33.8 Å². The Morgan fingerprint density at radius 3 is 1.96 bits per heavy atom. The molecule has 1 N–H and O–H groups in total. The van der Waals surface area contributed by atoms with E-state index in [-0.39, 0.29) is 22.9 Å². The van der Waals surface area contributed by atoms with Crippen LogP contribution in [-0.2, 0) is 0 Å². The number of aryl methyl sites for hydroxylation is 1. The van der Waals surface area contributed by atoms with Crippen LogP contribution in [0.15, 0.2) is 28.7 Å². The first kappa shape index (κ1) is 21.2. The minimum absolute atomic E-state index is 0.133. The number of benzene rings is 2. The molecule has 0 fully saturated rings. The molecule has 0 aliphatic heterocycles. The molecule has 150 valence electrons. The highest BCUT2D eigenvalue weighted by atomic mass is 16.5. The summed E-state index contributed by atoms with van der Waals surface area (Å²) >= 11 is 0. The lowest BCUT2D eigenvalue weighted by Crippen LogP contribution is -2.04. The molecule has 0 unspecified atom stereocenters. The van der Waals surface area contributed by atoms with Crippen molar-refractivity contribution < 1.29 is 28.5 Å². The lowest BCUT2D eigenvalue weighted by atomic mass is 9.98. The number of carbonyl (C=O) groups excluding carboxylic acids is 1. The molecule has 3 aromatic rings. The molecular weight excluding hydrogens is 360 g/mol. The molecule has 0 radical (unpaired) electrons. The Morgan fingerprint density at radius 2 is 1.46 bits per heavy atom. The van der Waals surface area contributed by atoms with Crippen molar-refractivity contribution in [1.82, 2.24) is 0 Å². The second-order valence-corrected chi connectivity index (χ2v) is 5.86. The summed E-state index contributed by atoms with van der Waals surface area (Å²) in [5, 5.41) is 10.8. The smallest absolute Gasteiger partial charge is 0.202 e. The number of ether oxygens (including phenoxy) is 3. The molecule has 3 rings (SSSR count). The molecule has 0 bridgehead atoms. The number of hydrogen-bond acceptors (Lipinski definition) is 6. The molecule has 6 heteroatoms. The van der Waals surface area contributed by atoms with Gasteiger partial charge in [0.2, 0.25) is 5.75 Å². The summed E-state index contributed by atoms with van der Waals surface area (Å²) in [6, 6.07) is 6.63. The number of hydrogen-bond donors (Lipinski definition) is 1. The number of furan rings is 1. The van der Waals surface area contributed by atoms with E-state index < -0.39 is 0 Å². The minimum Gasteiger partial charge on any atom is -0.502 e. The highest BCUT2D eigenvalue weighted by molar-refractivity contribution is 6.17. The molecule has 28 heavy (non-hydrogen) atoms. The molecule has 0 amide bonds. The summed E-state index contributed by atoms with van der Waals surface area (Å²) in [7, 11) is 4.53. The number of fused-ring (bicyclic) bond motifs is 1. The fraction of sp³-hybridized carbons (Fsp3) is 0.318. The molecule has 2 aromatic carbocycles. The van der Waals surface area contributed by atoms with Crippen LogP contribution < -0.4 is 14.2 Å². The van der Waals surface area contributed by atoms with Crippen molar-refractivity contribution in [2.75, 3.05) is 21.3 Å². The van der Waals surface area contributed by atoms with E-state index in [1.54, 1.807) is 45.4 Å². The third-order valence-electron chi connectivity index (χ3n) is 4.43. The number of phenols is 1. The molecule has 0 atom stereocenters.